The minimum absolute atomic E-state index is 0.0571. The Labute approximate surface area is 248 Å². The van der Waals surface area contributed by atoms with Gasteiger partial charge in [0.25, 0.3) is 20.2 Å². The highest BCUT2D eigenvalue weighted by Gasteiger charge is 2.55. The van der Waals surface area contributed by atoms with Gasteiger partial charge in [-0.05, 0) is 153 Å². The van der Waals surface area contributed by atoms with E-state index >= 15 is 0 Å². The first kappa shape index (κ1) is 27.7. The van der Waals surface area contributed by atoms with Crippen LogP contribution in [0.1, 0.15) is 99.2 Å². The molecule has 6 nitrogen and oxygen atoms in total. The fraction of sp³-hybridized carbons (Fsp3) is 0.636. The van der Waals surface area contributed by atoms with E-state index in [2.05, 4.69) is 6.07 Å². The SMILES string of the molecule is O=S(=O)(OC(c1ccc(F)cc1)S(=O)(=O)O)c1cc(C23CC4CC(CC(C4)C2)C3)ccc1C12CC3CC(CC(C3)C1)C2. The van der Waals surface area contributed by atoms with E-state index in [0.29, 0.717) is 35.5 Å². The molecule has 2 aromatic carbocycles. The van der Waals surface area contributed by atoms with Crippen LogP contribution in [0.15, 0.2) is 47.4 Å². The predicted molar refractivity (Wildman–Crippen MR) is 155 cm³/mol. The van der Waals surface area contributed by atoms with E-state index in [1.807, 2.05) is 12.1 Å². The summed E-state index contributed by atoms with van der Waals surface area (Å²) in [5, 5.41) is 0. The van der Waals surface area contributed by atoms with Gasteiger partial charge < -0.3 is 0 Å². The molecule has 0 saturated heterocycles. The normalized spacial score (nSPS) is 39.1. The molecule has 0 aliphatic heterocycles. The van der Waals surface area contributed by atoms with Crippen molar-refractivity contribution in [1.29, 1.82) is 0 Å². The van der Waals surface area contributed by atoms with E-state index < -0.39 is 31.5 Å². The molecule has 226 valence electrons. The average molecular weight is 615 g/mol. The molecule has 8 saturated carbocycles. The van der Waals surface area contributed by atoms with E-state index in [0.717, 1.165) is 73.9 Å². The molecule has 1 N–H and O–H groups in total. The van der Waals surface area contributed by atoms with Crippen LogP contribution in [-0.4, -0.2) is 21.4 Å². The van der Waals surface area contributed by atoms with Gasteiger partial charge in [0.2, 0.25) is 5.44 Å². The smallest absolute Gasteiger partial charge is 0.283 e. The summed E-state index contributed by atoms with van der Waals surface area (Å²) in [5.74, 6) is 3.18. The van der Waals surface area contributed by atoms with E-state index in [4.69, 9.17) is 4.18 Å². The Bertz CT molecular complexity index is 1560. The molecular formula is C33H39FO6S2. The molecular weight excluding hydrogens is 575 g/mol. The van der Waals surface area contributed by atoms with Gasteiger partial charge in [-0.3, -0.25) is 4.55 Å². The fourth-order valence-electron chi connectivity index (χ4n) is 11.5. The maximum Gasteiger partial charge on any atom is 0.298 e. The summed E-state index contributed by atoms with van der Waals surface area (Å²) in [5.41, 5.74) is -0.875. The van der Waals surface area contributed by atoms with Crippen LogP contribution in [0.5, 0.6) is 0 Å². The Balaban J connectivity index is 1.25. The number of benzene rings is 2. The fourth-order valence-corrected chi connectivity index (χ4v) is 13.9. The van der Waals surface area contributed by atoms with Crippen molar-refractivity contribution in [3.8, 4) is 0 Å². The van der Waals surface area contributed by atoms with E-state index in [1.165, 1.54) is 38.5 Å². The summed E-state index contributed by atoms with van der Waals surface area (Å²) in [4.78, 5) is 0.0634. The third-order valence-corrected chi connectivity index (χ3v) is 14.5. The van der Waals surface area contributed by atoms with Crippen molar-refractivity contribution >= 4 is 20.2 Å². The molecule has 10 rings (SSSR count). The highest BCUT2D eigenvalue weighted by Crippen LogP contribution is 2.63. The molecule has 8 fully saturated rings. The second kappa shape index (κ2) is 9.35. The van der Waals surface area contributed by atoms with Crippen molar-refractivity contribution in [3.05, 3.63) is 65.0 Å². The van der Waals surface area contributed by atoms with Gasteiger partial charge in [-0.25, -0.2) is 8.57 Å². The third-order valence-electron chi connectivity index (χ3n) is 12.1. The van der Waals surface area contributed by atoms with Crippen molar-refractivity contribution < 1.29 is 30.0 Å². The Kier molecular flexibility index (Phi) is 6.17. The van der Waals surface area contributed by atoms with Crippen molar-refractivity contribution in [3.63, 3.8) is 0 Å². The molecule has 0 spiro atoms. The first-order valence-electron chi connectivity index (χ1n) is 15.7. The summed E-state index contributed by atoms with van der Waals surface area (Å²) in [6, 6.07) is 10.4. The molecule has 0 amide bonds. The third kappa shape index (κ3) is 4.51. The van der Waals surface area contributed by atoms with Gasteiger partial charge >= 0.3 is 0 Å². The van der Waals surface area contributed by atoms with Gasteiger partial charge in [0.05, 0.1) is 4.90 Å². The van der Waals surface area contributed by atoms with Crippen LogP contribution in [0.2, 0.25) is 0 Å². The number of rotatable bonds is 7. The van der Waals surface area contributed by atoms with E-state index in [-0.39, 0.29) is 21.3 Å². The first-order chi connectivity index (χ1) is 19.9. The standard InChI is InChI=1S/C33H39FO6S2/c34-28-4-1-26(2-5-28)31(41(35,36)37)40-42(38,39)30-13-27(32-14-20-7-21(15-32)9-22(8-20)16-32)3-6-29(30)33-17-23-10-24(18-33)12-25(11-23)19-33/h1-6,13,20-25,31H,7-12,14-19H2,(H,35,36,37). The zero-order valence-corrected chi connectivity index (χ0v) is 25.4. The molecule has 8 aliphatic rings. The van der Waals surface area contributed by atoms with Gasteiger partial charge in [0, 0.05) is 5.56 Å². The molecule has 0 radical (unpaired) electrons. The summed E-state index contributed by atoms with van der Waals surface area (Å²) < 4.78 is 83.0. The molecule has 0 heterocycles. The Morgan fingerprint density at radius 3 is 1.60 bits per heavy atom. The van der Waals surface area contributed by atoms with Crippen molar-refractivity contribution in [2.45, 2.75) is 98.2 Å². The summed E-state index contributed by atoms with van der Waals surface area (Å²) in [6.07, 6.45) is 13.5. The van der Waals surface area contributed by atoms with Gasteiger partial charge in [0.1, 0.15) is 5.82 Å². The number of hydrogen-bond acceptors (Lipinski definition) is 5. The zero-order valence-electron chi connectivity index (χ0n) is 23.8. The van der Waals surface area contributed by atoms with Crippen LogP contribution < -0.4 is 0 Å². The van der Waals surface area contributed by atoms with E-state index in [1.54, 1.807) is 0 Å². The van der Waals surface area contributed by atoms with Crippen LogP contribution in [0, 0.1) is 41.3 Å². The Morgan fingerprint density at radius 1 is 0.690 bits per heavy atom. The topological polar surface area (TPSA) is 97.7 Å². The van der Waals surface area contributed by atoms with E-state index in [9.17, 15) is 25.8 Å². The molecule has 8 aliphatic carbocycles. The quantitative estimate of drug-likeness (QED) is 0.265. The van der Waals surface area contributed by atoms with Gasteiger partial charge in [-0.1, -0.05) is 24.3 Å². The minimum Gasteiger partial charge on any atom is -0.283 e. The lowest BCUT2D eigenvalue weighted by Crippen LogP contribution is -2.50. The summed E-state index contributed by atoms with van der Waals surface area (Å²) >= 11 is 0. The second-order valence-corrected chi connectivity index (χ2v) is 18.1. The molecule has 42 heavy (non-hydrogen) atoms. The lowest BCUT2D eigenvalue weighted by atomic mass is 9.47. The lowest BCUT2D eigenvalue weighted by molar-refractivity contribution is -0.00812. The maximum absolute atomic E-state index is 14.4. The monoisotopic (exact) mass is 614 g/mol. The predicted octanol–water partition coefficient (Wildman–Crippen LogP) is 7.05. The Hall–Kier alpha value is -1.81. The van der Waals surface area contributed by atoms with Crippen LogP contribution >= 0.6 is 0 Å². The van der Waals surface area contributed by atoms with Crippen molar-refractivity contribution in [2.75, 3.05) is 0 Å². The molecule has 9 heteroatoms. The maximum atomic E-state index is 14.4. The average Bonchev–Trinajstić information content (AvgIpc) is 2.90. The van der Waals surface area contributed by atoms with Gasteiger partial charge in [-0.2, -0.15) is 16.8 Å². The van der Waals surface area contributed by atoms with Gasteiger partial charge in [0.15, 0.2) is 0 Å². The van der Waals surface area contributed by atoms with Crippen LogP contribution in [0.3, 0.4) is 0 Å². The lowest BCUT2D eigenvalue weighted by Gasteiger charge is -2.58. The second-order valence-electron chi connectivity index (χ2n) is 15.1. The Morgan fingerprint density at radius 2 is 1.14 bits per heavy atom. The largest absolute Gasteiger partial charge is 0.298 e. The zero-order chi connectivity index (χ0) is 29.1. The molecule has 0 aromatic heterocycles. The molecule has 1 atom stereocenters. The van der Waals surface area contributed by atoms with Crippen LogP contribution in [0.4, 0.5) is 4.39 Å². The van der Waals surface area contributed by atoms with Crippen LogP contribution in [0.25, 0.3) is 0 Å². The van der Waals surface area contributed by atoms with Crippen molar-refractivity contribution in [2.24, 2.45) is 35.5 Å². The molecule has 8 bridgehead atoms. The van der Waals surface area contributed by atoms with Crippen molar-refractivity contribution in [1.82, 2.24) is 0 Å². The molecule has 1 unspecified atom stereocenters. The number of halogens is 1. The summed E-state index contributed by atoms with van der Waals surface area (Å²) in [6.45, 7) is 0. The molecule has 2 aromatic rings. The highest BCUT2D eigenvalue weighted by molar-refractivity contribution is 7.89. The summed E-state index contributed by atoms with van der Waals surface area (Å²) in [7, 11) is -9.65. The van der Waals surface area contributed by atoms with Gasteiger partial charge in [-0.15, -0.1) is 0 Å². The minimum atomic E-state index is -5.00. The number of hydrogen-bond donors (Lipinski definition) is 1. The highest BCUT2D eigenvalue weighted by atomic mass is 32.2. The first-order valence-corrected chi connectivity index (χ1v) is 18.6. The van der Waals surface area contributed by atoms with Crippen LogP contribution in [-0.2, 0) is 35.2 Å².